The molecular weight excluding hydrogens is 856 g/mol. The minimum Gasteiger partial charge on any atom is -0.462 e. The number of carbonyl (C=O) groups excluding carboxylic acids is 3. The van der Waals surface area contributed by atoms with Crippen LogP contribution in [0.5, 0.6) is 0 Å². The first-order chi connectivity index (χ1) is 32.2. The van der Waals surface area contributed by atoms with Crippen LogP contribution in [0.25, 0.3) is 0 Å². The maximum absolute atomic E-state index is 12.8. The molecule has 0 aromatic heterocycles. The number of aliphatic hydroxyl groups excluding tert-OH is 1. The lowest BCUT2D eigenvalue weighted by atomic mass is 10.1. The molecule has 0 fully saturated rings. The summed E-state index contributed by atoms with van der Waals surface area (Å²) in [4.78, 5) is 48.2. The van der Waals surface area contributed by atoms with E-state index in [0.29, 0.717) is 19.3 Å². The summed E-state index contributed by atoms with van der Waals surface area (Å²) in [5, 5.41) is 9.77. The van der Waals surface area contributed by atoms with Gasteiger partial charge in [-0.05, 0) is 89.9 Å². The molecule has 12 heteroatoms. The standard InChI is InChI=1S/C54H93O11P/c1-4-7-10-13-16-19-21-23-25-27-29-32-35-38-41-44-53(57)64-50(46-55)48-62-66(59,60)63-49-51(47-61-52(56)43-40-37-34-31-18-15-12-9-6-3)65-54(58)45-42-39-36-33-30-28-26-24-22-20-17-14-11-8-5-2/h8,11,16-17,19-20,23-26,30,33,50-51,55H,4-7,9-10,12-15,18,21-22,27-29,31-32,34-49H2,1-3H3,(H,59,60)/b11-8-,19-16-,20-17-,25-23-,26-24-,33-30-. The summed E-state index contributed by atoms with van der Waals surface area (Å²) in [6.45, 7) is 4.40. The van der Waals surface area contributed by atoms with Crippen molar-refractivity contribution in [2.24, 2.45) is 0 Å². The predicted molar refractivity (Wildman–Crippen MR) is 270 cm³/mol. The van der Waals surface area contributed by atoms with E-state index in [1.54, 1.807) is 0 Å². The maximum atomic E-state index is 12.8. The predicted octanol–water partition coefficient (Wildman–Crippen LogP) is 14.6. The van der Waals surface area contributed by atoms with E-state index in [0.717, 1.165) is 103 Å². The molecule has 0 radical (unpaired) electrons. The molecule has 3 unspecified atom stereocenters. The van der Waals surface area contributed by atoms with Crippen LogP contribution >= 0.6 is 7.82 Å². The Bertz CT molecular complexity index is 1390. The van der Waals surface area contributed by atoms with Crippen molar-refractivity contribution in [3.8, 4) is 0 Å². The van der Waals surface area contributed by atoms with Crippen LogP contribution in [-0.4, -0.2) is 66.5 Å². The van der Waals surface area contributed by atoms with E-state index in [4.69, 9.17) is 23.3 Å². The van der Waals surface area contributed by atoms with Crippen LogP contribution < -0.4 is 0 Å². The number of hydrogen-bond acceptors (Lipinski definition) is 10. The van der Waals surface area contributed by atoms with E-state index in [9.17, 15) is 28.9 Å². The Kier molecular flexibility index (Phi) is 46.1. The van der Waals surface area contributed by atoms with Gasteiger partial charge in [0.15, 0.2) is 6.10 Å². The van der Waals surface area contributed by atoms with Crippen molar-refractivity contribution in [3.05, 3.63) is 72.9 Å². The Morgan fingerprint density at radius 3 is 1.27 bits per heavy atom. The van der Waals surface area contributed by atoms with Gasteiger partial charge in [-0.2, -0.15) is 0 Å². The van der Waals surface area contributed by atoms with Gasteiger partial charge in [0.1, 0.15) is 12.7 Å². The average molecular weight is 949 g/mol. The molecule has 2 N–H and O–H groups in total. The van der Waals surface area contributed by atoms with Crippen LogP contribution in [0.1, 0.15) is 213 Å². The number of unbranched alkanes of at least 4 members (excludes halogenated alkanes) is 18. The number of phosphoric acid groups is 1. The van der Waals surface area contributed by atoms with Crippen LogP contribution in [0.15, 0.2) is 72.9 Å². The summed E-state index contributed by atoms with van der Waals surface area (Å²) in [7, 11) is -4.75. The molecule has 0 heterocycles. The zero-order chi connectivity index (χ0) is 48.4. The van der Waals surface area contributed by atoms with Crippen LogP contribution in [0.4, 0.5) is 0 Å². The highest BCUT2D eigenvalue weighted by Gasteiger charge is 2.28. The lowest BCUT2D eigenvalue weighted by Gasteiger charge is -2.21. The van der Waals surface area contributed by atoms with Gasteiger partial charge in [0.05, 0.1) is 19.8 Å². The smallest absolute Gasteiger partial charge is 0.462 e. The Hall–Kier alpha value is -3.08. The van der Waals surface area contributed by atoms with Crippen molar-refractivity contribution in [1.82, 2.24) is 0 Å². The first kappa shape index (κ1) is 62.9. The molecule has 380 valence electrons. The third kappa shape index (κ3) is 46.0. The molecule has 0 aromatic carbocycles. The second-order valence-corrected chi connectivity index (χ2v) is 18.4. The van der Waals surface area contributed by atoms with Crippen molar-refractivity contribution in [1.29, 1.82) is 0 Å². The third-order valence-corrected chi connectivity index (χ3v) is 11.6. The molecule has 0 saturated heterocycles. The lowest BCUT2D eigenvalue weighted by Crippen LogP contribution is -2.30. The van der Waals surface area contributed by atoms with E-state index < -0.39 is 57.8 Å². The van der Waals surface area contributed by atoms with Crippen LogP contribution in [0.2, 0.25) is 0 Å². The molecular formula is C54H93O11P. The minimum atomic E-state index is -4.75. The molecule has 3 atom stereocenters. The summed E-state index contributed by atoms with van der Waals surface area (Å²) in [5.41, 5.74) is 0. The van der Waals surface area contributed by atoms with Gasteiger partial charge < -0.3 is 24.2 Å². The van der Waals surface area contributed by atoms with E-state index >= 15 is 0 Å². The van der Waals surface area contributed by atoms with Crippen molar-refractivity contribution >= 4 is 25.7 Å². The molecule has 0 rings (SSSR count). The van der Waals surface area contributed by atoms with Gasteiger partial charge >= 0.3 is 25.7 Å². The van der Waals surface area contributed by atoms with E-state index in [1.807, 2.05) is 0 Å². The third-order valence-electron chi connectivity index (χ3n) is 10.6. The molecule has 0 bridgehead atoms. The highest BCUT2D eigenvalue weighted by molar-refractivity contribution is 7.47. The molecule has 0 aliphatic rings. The molecule has 11 nitrogen and oxygen atoms in total. The number of hydrogen-bond donors (Lipinski definition) is 2. The summed E-state index contributed by atoms with van der Waals surface area (Å²) < 4.78 is 39.2. The quantitative estimate of drug-likeness (QED) is 0.0197. The van der Waals surface area contributed by atoms with E-state index in [1.165, 1.54) is 51.4 Å². The SMILES string of the molecule is CC/C=C\C/C=C\C/C=C\C/C=C\CCCCC(=O)OC(COC(=O)CCCCCCCCCCC)COP(=O)(O)OCC(CO)OC(=O)CCCCCCC/C=C\C/C=C\CCCCC. The Labute approximate surface area is 401 Å². The van der Waals surface area contributed by atoms with Crippen LogP contribution in [0.3, 0.4) is 0 Å². The number of aliphatic hydroxyl groups is 1. The highest BCUT2D eigenvalue weighted by Crippen LogP contribution is 2.43. The maximum Gasteiger partial charge on any atom is 0.472 e. The number of esters is 3. The van der Waals surface area contributed by atoms with Gasteiger partial charge in [0.2, 0.25) is 0 Å². The number of allylic oxidation sites excluding steroid dienone is 12. The molecule has 0 amide bonds. The average Bonchev–Trinajstić information content (AvgIpc) is 3.30. The molecule has 0 aromatic rings. The first-order valence-electron chi connectivity index (χ1n) is 25.8. The Balaban J connectivity index is 4.76. The topological polar surface area (TPSA) is 155 Å². The second kappa shape index (κ2) is 48.4. The van der Waals surface area contributed by atoms with Crippen molar-refractivity contribution in [3.63, 3.8) is 0 Å². The monoisotopic (exact) mass is 949 g/mol. The number of rotatable bonds is 47. The first-order valence-corrected chi connectivity index (χ1v) is 27.3. The fourth-order valence-corrected chi connectivity index (χ4v) is 7.45. The lowest BCUT2D eigenvalue weighted by molar-refractivity contribution is -0.161. The summed E-state index contributed by atoms with van der Waals surface area (Å²) in [6.07, 6.45) is 51.7. The van der Waals surface area contributed by atoms with E-state index in [-0.39, 0.29) is 25.9 Å². The molecule has 0 spiro atoms. The van der Waals surface area contributed by atoms with Gasteiger partial charge in [-0.1, -0.05) is 177 Å². The van der Waals surface area contributed by atoms with E-state index in [2.05, 4.69) is 93.7 Å². The van der Waals surface area contributed by atoms with Gasteiger partial charge in [-0.3, -0.25) is 23.4 Å². The summed E-state index contributed by atoms with van der Waals surface area (Å²) in [5.74, 6) is -1.53. The molecule has 0 aliphatic heterocycles. The fraction of sp³-hybridized carbons (Fsp3) is 0.722. The summed E-state index contributed by atoms with van der Waals surface area (Å²) in [6, 6.07) is 0. The van der Waals surface area contributed by atoms with Crippen LogP contribution in [0, 0.1) is 0 Å². The Morgan fingerprint density at radius 1 is 0.439 bits per heavy atom. The highest BCUT2D eigenvalue weighted by atomic mass is 31.2. The van der Waals surface area contributed by atoms with Gasteiger partial charge in [0, 0.05) is 19.3 Å². The molecule has 0 aliphatic carbocycles. The fourth-order valence-electron chi connectivity index (χ4n) is 6.67. The molecule has 66 heavy (non-hydrogen) atoms. The van der Waals surface area contributed by atoms with Crippen molar-refractivity contribution in [2.75, 3.05) is 26.4 Å². The van der Waals surface area contributed by atoms with Gasteiger partial charge in [0.25, 0.3) is 0 Å². The normalized spacial score (nSPS) is 14.1. The number of carbonyl (C=O) groups is 3. The van der Waals surface area contributed by atoms with Gasteiger partial charge in [-0.15, -0.1) is 0 Å². The zero-order valence-electron chi connectivity index (χ0n) is 41.6. The van der Waals surface area contributed by atoms with Crippen molar-refractivity contribution in [2.45, 2.75) is 226 Å². The largest absolute Gasteiger partial charge is 0.472 e. The Morgan fingerprint density at radius 2 is 0.788 bits per heavy atom. The molecule has 0 saturated carbocycles. The van der Waals surface area contributed by atoms with Crippen molar-refractivity contribution < 1.29 is 52.2 Å². The van der Waals surface area contributed by atoms with Crippen LogP contribution in [-0.2, 0) is 42.2 Å². The van der Waals surface area contributed by atoms with Gasteiger partial charge in [-0.25, -0.2) is 4.57 Å². The number of ether oxygens (including phenoxy) is 3. The summed E-state index contributed by atoms with van der Waals surface area (Å²) >= 11 is 0. The second-order valence-electron chi connectivity index (χ2n) is 17.0. The number of phosphoric ester groups is 1. The minimum absolute atomic E-state index is 0.114. The zero-order valence-corrected chi connectivity index (χ0v) is 42.5.